The van der Waals surface area contributed by atoms with Crippen molar-refractivity contribution in [2.45, 2.75) is 96.5 Å². The van der Waals surface area contributed by atoms with E-state index in [4.69, 9.17) is 5.11 Å². The van der Waals surface area contributed by atoms with E-state index in [0.29, 0.717) is 24.5 Å². The second kappa shape index (κ2) is 12.4. The lowest BCUT2D eigenvalue weighted by atomic mass is 9.61. The van der Waals surface area contributed by atoms with E-state index in [-0.39, 0.29) is 17.4 Å². The zero-order valence-electron chi connectivity index (χ0n) is 18.5. The van der Waals surface area contributed by atoms with Crippen LogP contribution in [-0.2, 0) is 9.59 Å². The third-order valence-corrected chi connectivity index (χ3v) is 7.35. The molecule has 0 aromatic carbocycles. The molecule has 2 fully saturated rings. The van der Waals surface area contributed by atoms with Gasteiger partial charge in [-0.1, -0.05) is 44.8 Å². The lowest BCUT2D eigenvalue weighted by Gasteiger charge is -2.46. The molecule has 0 aliphatic heterocycles. The molecule has 30 heavy (non-hydrogen) atoms. The molecule has 0 spiro atoms. The number of allylic oxidation sites excluding steroid dienone is 3. The first-order valence-electron chi connectivity index (χ1n) is 11.8. The fraction of sp³-hybridized carbons (Fsp3) is 0.760. The third-order valence-electron chi connectivity index (χ3n) is 7.35. The molecule has 0 heterocycles. The molecular formula is C25H40O5. The molecule has 0 bridgehead atoms. The summed E-state index contributed by atoms with van der Waals surface area (Å²) >= 11 is 0. The summed E-state index contributed by atoms with van der Waals surface area (Å²) in [4.78, 5) is 23.5. The number of carbonyl (C=O) groups is 2. The molecule has 3 atom stereocenters. The first-order valence-corrected chi connectivity index (χ1v) is 11.8. The van der Waals surface area contributed by atoms with Gasteiger partial charge in [0, 0.05) is 12.3 Å². The molecule has 0 radical (unpaired) electrons. The van der Waals surface area contributed by atoms with Crippen LogP contribution in [0.3, 0.4) is 0 Å². The van der Waals surface area contributed by atoms with Crippen LogP contribution in [0.2, 0.25) is 0 Å². The van der Waals surface area contributed by atoms with E-state index in [1.807, 2.05) is 6.08 Å². The summed E-state index contributed by atoms with van der Waals surface area (Å²) in [6, 6.07) is 0. The molecule has 5 heteroatoms. The number of carbonyl (C=O) groups excluding carboxylic acids is 2. The molecule has 1 unspecified atom stereocenters. The van der Waals surface area contributed by atoms with Gasteiger partial charge in [0.25, 0.3) is 0 Å². The normalized spacial score (nSPS) is 24.9. The molecule has 2 aliphatic carbocycles. The van der Waals surface area contributed by atoms with Gasteiger partial charge < -0.3 is 15.3 Å². The Hall–Kier alpha value is -1.46. The minimum atomic E-state index is -0.708. The highest BCUT2D eigenvalue weighted by atomic mass is 16.3. The van der Waals surface area contributed by atoms with Crippen LogP contribution in [0.1, 0.15) is 90.4 Å². The zero-order chi connectivity index (χ0) is 22.0. The van der Waals surface area contributed by atoms with Gasteiger partial charge in [-0.15, -0.1) is 0 Å². The van der Waals surface area contributed by atoms with E-state index in [1.54, 1.807) is 6.08 Å². The van der Waals surface area contributed by atoms with Crippen molar-refractivity contribution in [3.8, 4) is 0 Å². The summed E-state index contributed by atoms with van der Waals surface area (Å²) in [6.45, 7) is 1.50. The maximum Gasteiger partial charge on any atom is 0.222 e. The van der Waals surface area contributed by atoms with Gasteiger partial charge in [-0.2, -0.15) is 0 Å². The van der Waals surface area contributed by atoms with Crippen molar-refractivity contribution in [1.29, 1.82) is 0 Å². The number of Topliss-reactive ketones (excluding diaryl/α,β-unsaturated/α-hetero) is 2. The maximum absolute atomic E-state index is 12.4. The second-order valence-corrected chi connectivity index (χ2v) is 9.28. The quantitative estimate of drug-likeness (QED) is 0.162. The van der Waals surface area contributed by atoms with Crippen molar-refractivity contribution in [1.82, 2.24) is 0 Å². The van der Waals surface area contributed by atoms with Crippen LogP contribution in [0.15, 0.2) is 24.0 Å². The third kappa shape index (κ3) is 6.78. The minimum Gasteiger partial charge on any atom is -0.504 e. The van der Waals surface area contributed by atoms with Crippen molar-refractivity contribution in [3.05, 3.63) is 24.0 Å². The average molecular weight is 421 g/mol. The smallest absolute Gasteiger partial charge is 0.222 e. The van der Waals surface area contributed by atoms with E-state index >= 15 is 0 Å². The minimum absolute atomic E-state index is 0.0518. The average Bonchev–Trinajstić information content (AvgIpc) is 3.06. The molecular weight excluding hydrogens is 380 g/mol. The van der Waals surface area contributed by atoms with Gasteiger partial charge in [0.05, 0.1) is 6.10 Å². The van der Waals surface area contributed by atoms with Gasteiger partial charge in [-0.05, 0) is 68.8 Å². The Labute approximate surface area is 181 Å². The molecule has 2 rings (SSSR count). The molecule has 5 nitrogen and oxygen atoms in total. The van der Waals surface area contributed by atoms with Gasteiger partial charge in [0.2, 0.25) is 5.78 Å². The lowest BCUT2D eigenvalue weighted by Crippen LogP contribution is -2.41. The Morgan fingerprint density at radius 2 is 2.03 bits per heavy atom. The second-order valence-electron chi connectivity index (χ2n) is 9.28. The Morgan fingerprint density at radius 1 is 1.27 bits per heavy atom. The van der Waals surface area contributed by atoms with E-state index in [0.717, 1.165) is 44.9 Å². The van der Waals surface area contributed by atoms with Crippen LogP contribution in [0.25, 0.3) is 0 Å². The lowest BCUT2D eigenvalue weighted by molar-refractivity contribution is -0.121. The van der Waals surface area contributed by atoms with E-state index < -0.39 is 18.1 Å². The topological polar surface area (TPSA) is 94.8 Å². The molecule has 3 N–H and O–H groups in total. The van der Waals surface area contributed by atoms with Crippen molar-refractivity contribution >= 4 is 11.6 Å². The summed E-state index contributed by atoms with van der Waals surface area (Å²) in [5.74, 6) is -0.424. The van der Waals surface area contributed by atoms with Crippen molar-refractivity contribution in [2.24, 2.45) is 17.3 Å². The van der Waals surface area contributed by atoms with E-state index in [9.17, 15) is 19.8 Å². The van der Waals surface area contributed by atoms with Gasteiger partial charge in [0.1, 0.15) is 12.4 Å². The van der Waals surface area contributed by atoms with E-state index in [1.165, 1.54) is 31.8 Å². The molecule has 2 saturated carbocycles. The van der Waals surface area contributed by atoms with Crippen molar-refractivity contribution in [2.75, 3.05) is 6.61 Å². The highest BCUT2D eigenvalue weighted by molar-refractivity contribution is 5.94. The maximum atomic E-state index is 12.4. The van der Waals surface area contributed by atoms with Crippen LogP contribution >= 0.6 is 0 Å². The predicted octanol–water partition coefficient (Wildman–Crippen LogP) is 4.81. The molecule has 0 amide bonds. The SMILES string of the molecule is CCCCCC1(C(O)CC[C@H]2CCC(=O)[C@@H]2CCC=CC=C(O)C(=O)CO)CCC1. The Kier molecular flexibility index (Phi) is 10.3. The Balaban J connectivity index is 1.79. The van der Waals surface area contributed by atoms with Crippen molar-refractivity contribution < 1.29 is 24.9 Å². The first-order chi connectivity index (χ1) is 14.4. The van der Waals surface area contributed by atoms with Crippen LogP contribution in [0.5, 0.6) is 0 Å². The number of hydrogen-bond acceptors (Lipinski definition) is 5. The molecule has 2 aliphatic rings. The first kappa shape index (κ1) is 24.8. The number of aliphatic hydroxyl groups excluding tert-OH is 3. The summed E-state index contributed by atoms with van der Waals surface area (Å²) in [5.41, 5.74) is 0.135. The fourth-order valence-electron chi connectivity index (χ4n) is 5.21. The predicted molar refractivity (Wildman–Crippen MR) is 118 cm³/mol. The fourth-order valence-corrected chi connectivity index (χ4v) is 5.21. The number of aliphatic hydroxyl groups is 3. The van der Waals surface area contributed by atoms with Gasteiger partial charge in [-0.3, -0.25) is 9.59 Å². The summed E-state index contributed by atoms with van der Waals surface area (Å²) in [5, 5.41) is 29.0. The number of ketones is 2. The standard InChI is InChI=1S/C25H40O5/c1-2-3-7-15-25(16-8-17-25)24(30)14-12-19-11-13-21(27)20(19)9-5-4-6-10-22(28)23(29)18-26/h4,6,10,19-20,24,26,28,30H,2-3,5,7-9,11-18H2,1H3/t19-,20-,24?/m1/s1. The number of hydrogen-bond donors (Lipinski definition) is 3. The highest BCUT2D eigenvalue weighted by Gasteiger charge is 2.43. The monoisotopic (exact) mass is 420 g/mol. The molecule has 170 valence electrons. The van der Waals surface area contributed by atoms with Crippen LogP contribution in [0, 0.1) is 17.3 Å². The van der Waals surface area contributed by atoms with Crippen LogP contribution in [0.4, 0.5) is 0 Å². The highest BCUT2D eigenvalue weighted by Crippen LogP contribution is 2.50. The molecule has 0 saturated heterocycles. The largest absolute Gasteiger partial charge is 0.504 e. The summed E-state index contributed by atoms with van der Waals surface area (Å²) in [6.07, 6.45) is 17.5. The van der Waals surface area contributed by atoms with Crippen molar-refractivity contribution in [3.63, 3.8) is 0 Å². The number of rotatable bonds is 14. The van der Waals surface area contributed by atoms with Gasteiger partial charge >= 0.3 is 0 Å². The van der Waals surface area contributed by atoms with E-state index in [2.05, 4.69) is 6.92 Å². The Bertz CT molecular complexity index is 617. The summed E-state index contributed by atoms with van der Waals surface area (Å²) in [7, 11) is 0. The van der Waals surface area contributed by atoms with Crippen LogP contribution < -0.4 is 0 Å². The van der Waals surface area contributed by atoms with Gasteiger partial charge in [0.15, 0.2) is 5.76 Å². The van der Waals surface area contributed by atoms with Crippen LogP contribution in [-0.4, -0.2) is 39.6 Å². The number of unbranched alkanes of at least 4 members (excludes halogenated alkanes) is 2. The molecule has 0 aromatic rings. The van der Waals surface area contributed by atoms with Gasteiger partial charge in [-0.25, -0.2) is 0 Å². The summed E-state index contributed by atoms with van der Waals surface area (Å²) < 4.78 is 0. The Morgan fingerprint density at radius 3 is 2.67 bits per heavy atom. The zero-order valence-corrected chi connectivity index (χ0v) is 18.5. The molecule has 0 aromatic heterocycles.